The second kappa shape index (κ2) is 9.19. The maximum absolute atomic E-state index is 4.49. The molecule has 0 fully saturated rings. The van der Waals surface area contributed by atoms with Gasteiger partial charge in [-0.2, -0.15) is 0 Å². The summed E-state index contributed by atoms with van der Waals surface area (Å²) in [7, 11) is 0. The van der Waals surface area contributed by atoms with E-state index in [0.717, 1.165) is 33.3 Å². The lowest BCUT2D eigenvalue weighted by atomic mass is 10.1. The van der Waals surface area contributed by atoms with Crippen molar-refractivity contribution in [1.82, 2.24) is 24.7 Å². The first kappa shape index (κ1) is 19.6. The van der Waals surface area contributed by atoms with E-state index in [2.05, 4.69) is 62.5 Å². The van der Waals surface area contributed by atoms with Crippen molar-refractivity contribution in [2.75, 3.05) is 0 Å². The standard InChI is InChI=1S/C20H23N5S2/c1-5-10-25-18(13-26-19-21-15(3)11-16(4)22-19)23-24-20(25)27-12-17-9-7-6-8-14(17)2/h5-9,11H,1,10,12-13H2,2-4H3. The van der Waals surface area contributed by atoms with Crippen molar-refractivity contribution in [3.05, 3.63) is 71.3 Å². The largest absolute Gasteiger partial charge is 0.301 e. The van der Waals surface area contributed by atoms with Crippen LogP contribution in [-0.4, -0.2) is 24.7 Å². The molecular weight excluding hydrogens is 374 g/mol. The topological polar surface area (TPSA) is 56.5 Å². The zero-order valence-electron chi connectivity index (χ0n) is 15.8. The van der Waals surface area contributed by atoms with Gasteiger partial charge in [-0.15, -0.1) is 16.8 Å². The summed E-state index contributed by atoms with van der Waals surface area (Å²) in [5.41, 5.74) is 4.57. The number of hydrogen-bond donors (Lipinski definition) is 0. The zero-order chi connectivity index (χ0) is 19.2. The summed E-state index contributed by atoms with van der Waals surface area (Å²) < 4.78 is 2.12. The Balaban J connectivity index is 1.72. The molecule has 2 aromatic heterocycles. The number of nitrogens with zero attached hydrogens (tertiary/aromatic N) is 5. The van der Waals surface area contributed by atoms with Crippen molar-refractivity contribution >= 4 is 23.5 Å². The second-order valence-electron chi connectivity index (χ2n) is 6.24. The summed E-state index contributed by atoms with van der Waals surface area (Å²) in [6.07, 6.45) is 1.88. The third-order valence-electron chi connectivity index (χ3n) is 4.02. The summed E-state index contributed by atoms with van der Waals surface area (Å²) in [5.74, 6) is 2.46. The fraction of sp³-hybridized carbons (Fsp3) is 0.300. The first-order chi connectivity index (χ1) is 13.1. The highest BCUT2D eigenvalue weighted by Crippen LogP contribution is 2.26. The lowest BCUT2D eigenvalue weighted by Crippen LogP contribution is -2.03. The van der Waals surface area contributed by atoms with Gasteiger partial charge in [-0.1, -0.05) is 53.9 Å². The van der Waals surface area contributed by atoms with Crippen molar-refractivity contribution in [2.45, 2.75) is 49.1 Å². The number of benzene rings is 1. The van der Waals surface area contributed by atoms with Crippen molar-refractivity contribution in [3.63, 3.8) is 0 Å². The molecule has 0 bridgehead atoms. The van der Waals surface area contributed by atoms with E-state index >= 15 is 0 Å². The van der Waals surface area contributed by atoms with E-state index in [1.807, 2.05) is 26.0 Å². The van der Waals surface area contributed by atoms with Gasteiger partial charge < -0.3 is 4.57 Å². The normalized spacial score (nSPS) is 10.9. The van der Waals surface area contributed by atoms with Gasteiger partial charge in [0.25, 0.3) is 0 Å². The van der Waals surface area contributed by atoms with Crippen LogP contribution < -0.4 is 0 Å². The maximum atomic E-state index is 4.49. The molecule has 0 unspecified atom stereocenters. The molecule has 3 aromatic rings. The molecule has 7 heteroatoms. The van der Waals surface area contributed by atoms with Crippen LogP contribution >= 0.6 is 23.5 Å². The predicted molar refractivity (Wildman–Crippen MR) is 112 cm³/mol. The molecule has 0 aliphatic heterocycles. The quantitative estimate of drug-likeness (QED) is 0.310. The number of thioether (sulfide) groups is 2. The Bertz CT molecular complexity index is 916. The minimum absolute atomic E-state index is 0.675. The number of rotatable bonds is 8. The molecule has 27 heavy (non-hydrogen) atoms. The lowest BCUT2D eigenvalue weighted by Gasteiger charge is -2.08. The van der Waals surface area contributed by atoms with Gasteiger partial charge >= 0.3 is 0 Å². The van der Waals surface area contributed by atoms with E-state index in [9.17, 15) is 0 Å². The summed E-state index contributed by atoms with van der Waals surface area (Å²) in [6, 6.07) is 10.4. The van der Waals surface area contributed by atoms with Gasteiger partial charge in [-0.25, -0.2) is 9.97 Å². The summed E-state index contributed by atoms with van der Waals surface area (Å²) in [6.45, 7) is 10.7. The lowest BCUT2D eigenvalue weighted by molar-refractivity contribution is 0.700. The Morgan fingerprint density at radius 2 is 1.74 bits per heavy atom. The molecule has 1 aromatic carbocycles. The molecule has 0 radical (unpaired) electrons. The van der Waals surface area contributed by atoms with E-state index in [0.29, 0.717) is 12.3 Å². The molecule has 0 amide bonds. The van der Waals surface area contributed by atoms with Gasteiger partial charge in [0.05, 0.1) is 5.75 Å². The smallest absolute Gasteiger partial charge is 0.191 e. The molecule has 2 heterocycles. The van der Waals surface area contributed by atoms with E-state index < -0.39 is 0 Å². The van der Waals surface area contributed by atoms with E-state index in [4.69, 9.17) is 0 Å². The summed E-state index contributed by atoms with van der Waals surface area (Å²) in [4.78, 5) is 8.97. The van der Waals surface area contributed by atoms with Crippen molar-refractivity contribution < 1.29 is 0 Å². The molecule has 5 nitrogen and oxygen atoms in total. The number of allylic oxidation sites excluding steroid dienone is 1. The van der Waals surface area contributed by atoms with E-state index in [-0.39, 0.29) is 0 Å². The summed E-state index contributed by atoms with van der Waals surface area (Å²) >= 11 is 3.29. The van der Waals surface area contributed by atoms with Crippen molar-refractivity contribution in [3.8, 4) is 0 Å². The minimum Gasteiger partial charge on any atom is -0.301 e. The van der Waals surface area contributed by atoms with E-state index in [1.165, 1.54) is 11.1 Å². The van der Waals surface area contributed by atoms with Crippen LogP contribution in [0.1, 0.15) is 28.3 Å². The van der Waals surface area contributed by atoms with Gasteiger partial charge in [-0.3, -0.25) is 0 Å². The average molecular weight is 398 g/mol. The molecule has 0 N–H and O–H groups in total. The molecule has 0 aliphatic rings. The minimum atomic E-state index is 0.675. The van der Waals surface area contributed by atoms with Gasteiger partial charge in [0.2, 0.25) is 0 Å². The monoisotopic (exact) mass is 397 g/mol. The van der Waals surface area contributed by atoms with Crippen molar-refractivity contribution in [2.24, 2.45) is 0 Å². The summed E-state index contributed by atoms with van der Waals surface area (Å²) in [5, 5.41) is 10.5. The first-order valence-electron chi connectivity index (χ1n) is 8.72. The highest BCUT2D eigenvalue weighted by molar-refractivity contribution is 7.98. The average Bonchev–Trinajstić information content (AvgIpc) is 3.01. The fourth-order valence-corrected chi connectivity index (χ4v) is 4.58. The number of hydrogen-bond acceptors (Lipinski definition) is 6. The maximum Gasteiger partial charge on any atom is 0.191 e. The van der Waals surface area contributed by atoms with Crippen LogP contribution in [0.15, 0.2) is 53.3 Å². The van der Waals surface area contributed by atoms with Crippen LogP contribution in [-0.2, 0) is 18.1 Å². The number of aromatic nitrogens is 5. The molecule has 0 saturated carbocycles. The van der Waals surface area contributed by atoms with Crippen LogP contribution in [0.2, 0.25) is 0 Å². The Kier molecular flexibility index (Phi) is 6.68. The molecule has 3 rings (SSSR count). The Morgan fingerprint density at radius 1 is 1.00 bits per heavy atom. The van der Waals surface area contributed by atoms with Gasteiger partial charge in [0.1, 0.15) is 5.82 Å². The fourth-order valence-electron chi connectivity index (χ4n) is 2.65. The van der Waals surface area contributed by atoms with Crippen LogP contribution in [0.3, 0.4) is 0 Å². The SMILES string of the molecule is C=CCn1c(CSc2nc(C)cc(C)n2)nnc1SCc1ccccc1C. The van der Waals surface area contributed by atoms with E-state index in [1.54, 1.807) is 23.5 Å². The highest BCUT2D eigenvalue weighted by Gasteiger charge is 2.13. The highest BCUT2D eigenvalue weighted by atomic mass is 32.2. The first-order valence-corrected chi connectivity index (χ1v) is 10.7. The molecule has 0 aliphatic carbocycles. The van der Waals surface area contributed by atoms with Crippen LogP contribution in [0.25, 0.3) is 0 Å². The van der Waals surface area contributed by atoms with Gasteiger partial charge in [-0.05, 0) is 38.0 Å². The second-order valence-corrected chi connectivity index (χ2v) is 8.12. The van der Waals surface area contributed by atoms with Crippen LogP contribution in [0.4, 0.5) is 0 Å². The molecule has 0 spiro atoms. The molecular formula is C20H23N5S2. The Hall–Kier alpha value is -2.12. The van der Waals surface area contributed by atoms with Crippen LogP contribution in [0, 0.1) is 20.8 Å². The number of aryl methyl sites for hydroxylation is 3. The van der Waals surface area contributed by atoms with Crippen LogP contribution in [0.5, 0.6) is 0 Å². The Morgan fingerprint density at radius 3 is 2.44 bits per heavy atom. The molecule has 140 valence electrons. The zero-order valence-corrected chi connectivity index (χ0v) is 17.5. The molecule has 0 atom stereocenters. The van der Waals surface area contributed by atoms with Gasteiger partial charge in [0.15, 0.2) is 10.3 Å². The van der Waals surface area contributed by atoms with Gasteiger partial charge in [0, 0.05) is 23.7 Å². The third kappa shape index (κ3) is 5.20. The Labute approximate surface area is 168 Å². The third-order valence-corrected chi connectivity index (χ3v) is 5.87. The predicted octanol–water partition coefficient (Wildman–Crippen LogP) is 4.76. The van der Waals surface area contributed by atoms with Crippen molar-refractivity contribution in [1.29, 1.82) is 0 Å². The molecule has 0 saturated heterocycles.